The molecule has 2 aromatic rings. The molecule has 6 heteroatoms. The topological polar surface area (TPSA) is 38.0 Å². The van der Waals surface area contributed by atoms with Crippen molar-refractivity contribution in [1.29, 1.82) is 0 Å². The SMILES string of the molecule is CCn1nccc1C(O)c1cc(F)c(F)c(F)c1. The Bertz CT molecular complexity index is 545. The fraction of sp³-hybridized carbons (Fsp3) is 0.250. The zero-order valence-corrected chi connectivity index (χ0v) is 9.57. The number of aromatic nitrogens is 2. The Labute approximate surface area is 101 Å². The van der Waals surface area contributed by atoms with Crippen molar-refractivity contribution >= 4 is 0 Å². The van der Waals surface area contributed by atoms with Crippen LogP contribution in [0.25, 0.3) is 0 Å². The number of halogens is 3. The van der Waals surface area contributed by atoms with Crippen LogP contribution in [-0.4, -0.2) is 14.9 Å². The molecule has 18 heavy (non-hydrogen) atoms. The van der Waals surface area contributed by atoms with Crippen LogP contribution in [-0.2, 0) is 6.54 Å². The average Bonchev–Trinajstić information content (AvgIpc) is 2.82. The second kappa shape index (κ2) is 4.81. The lowest BCUT2D eigenvalue weighted by Crippen LogP contribution is -2.10. The van der Waals surface area contributed by atoms with Crippen LogP contribution >= 0.6 is 0 Å². The molecule has 0 aliphatic heterocycles. The quantitative estimate of drug-likeness (QED) is 0.856. The summed E-state index contributed by atoms with van der Waals surface area (Å²) in [5, 5.41) is 14.0. The van der Waals surface area contributed by atoms with Crippen molar-refractivity contribution in [3.05, 3.63) is 53.1 Å². The molecule has 1 unspecified atom stereocenters. The average molecular weight is 256 g/mol. The van der Waals surface area contributed by atoms with Crippen LogP contribution < -0.4 is 0 Å². The molecule has 1 heterocycles. The molecule has 96 valence electrons. The van der Waals surface area contributed by atoms with Crippen LogP contribution in [0.15, 0.2) is 24.4 Å². The molecular weight excluding hydrogens is 245 g/mol. The van der Waals surface area contributed by atoms with Crippen LogP contribution in [0.2, 0.25) is 0 Å². The van der Waals surface area contributed by atoms with E-state index in [2.05, 4.69) is 5.10 Å². The van der Waals surface area contributed by atoms with Gasteiger partial charge in [0.1, 0.15) is 6.10 Å². The minimum Gasteiger partial charge on any atom is -0.382 e. The van der Waals surface area contributed by atoms with E-state index in [1.807, 2.05) is 6.92 Å². The van der Waals surface area contributed by atoms with Gasteiger partial charge in [0.2, 0.25) is 0 Å². The molecule has 0 saturated carbocycles. The first-order chi connectivity index (χ1) is 8.54. The van der Waals surface area contributed by atoms with Gasteiger partial charge in [-0.1, -0.05) is 0 Å². The van der Waals surface area contributed by atoms with Crippen molar-refractivity contribution in [3.63, 3.8) is 0 Å². The Hall–Kier alpha value is -1.82. The molecule has 0 saturated heterocycles. The lowest BCUT2D eigenvalue weighted by Gasteiger charge is -2.13. The van der Waals surface area contributed by atoms with E-state index in [9.17, 15) is 18.3 Å². The van der Waals surface area contributed by atoms with Gasteiger partial charge in [0, 0.05) is 12.7 Å². The van der Waals surface area contributed by atoms with Gasteiger partial charge in [0.05, 0.1) is 5.69 Å². The Balaban J connectivity index is 2.43. The predicted molar refractivity (Wildman–Crippen MR) is 58.3 cm³/mol. The van der Waals surface area contributed by atoms with Gasteiger partial charge in [-0.25, -0.2) is 13.2 Å². The lowest BCUT2D eigenvalue weighted by molar-refractivity contribution is 0.206. The minimum atomic E-state index is -1.55. The summed E-state index contributed by atoms with van der Waals surface area (Å²) in [7, 11) is 0. The molecule has 1 aromatic heterocycles. The van der Waals surface area contributed by atoms with Crippen molar-refractivity contribution in [1.82, 2.24) is 9.78 Å². The van der Waals surface area contributed by atoms with E-state index < -0.39 is 23.6 Å². The van der Waals surface area contributed by atoms with Gasteiger partial charge in [-0.3, -0.25) is 4.68 Å². The van der Waals surface area contributed by atoms with Gasteiger partial charge < -0.3 is 5.11 Å². The molecule has 1 N–H and O–H groups in total. The van der Waals surface area contributed by atoms with Crippen LogP contribution in [0.4, 0.5) is 13.2 Å². The van der Waals surface area contributed by atoms with E-state index in [0.717, 1.165) is 12.1 Å². The van der Waals surface area contributed by atoms with Crippen LogP contribution in [0.1, 0.15) is 24.3 Å². The first kappa shape index (κ1) is 12.6. The molecule has 1 atom stereocenters. The monoisotopic (exact) mass is 256 g/mol. The number of aliphatic hydroxyl groups is 1. The van der Waals surface area contributed by atoms with Crippen molar-refractivity contribution in [2.75, 3.05) is 0 Å². The summed E-state index contributed by atoms with van der Waals surface area (Å²) in [6, 6.07) is 3.08. The first-order valence-electron chi connectivity index (χ1n) is 5.38. The summed E-state index contributed by atoms with van der Waals surface area (Å²) >= 11 is 0. The number of rotatable bonds is 3. The smallest absolute Gasteiger partial charge is 0.194 e. The molecule has 0 aliphatic carbocycles. The summed E-state index contributed by atoms with van der Waals surface area (Å²) in [5.41, 5.74) is 0.338. The second-order valence-corrected chi connectivity index (χ2v) is 3.77. The summed E-state index contributed by atoms with van der Waals surface area (Å²) in [6.07, 6.45) is 0.218. The molecule has 0 radical (unpaired) electrons. The summed E-state index contributed by atoms with van der Waals surface area (Å²) in [4.78, 5) is 0. The van der Waals surface area contributed by atoms with E-state index in [0.29, 0.717) is 12.2 Å². The van der Waals surface area contributed by atoms with Crippen LogP contribution in [0.3, 0.4) is 0 Å². The van der Waals surface area contributed by atoms with Gasteiger partial charge in [-0.15, -0.1) is 0 Å². The maximum absolute atomic E-state index is 13.1. The van der Waals surface area contributed by atoms with Crippen molar-refractivity contribution in [2.24, 2.45) is 0 Å². The molecule has 1 aromatic carbocycles. The van der Waals surface area contributed by atoms with Crippen molar-refractivity contribution in [2.45, 2.75) is 19.6 Å². The molecule has 0 aliphatic rings. The molecule has 0 fully saturated rings. The molecule has 2 rings (SSSR count). The maximum atomic E-state index is 13.1. The summed E-state index contributed by atoms with van der Waals surface area (Å²) in [6.45, 7) is 2.32. The number of benzene rings is 1. The third-order valence-electron chi connectivity index (χ3n) is 2.65. The van der Waals surface area contributed by atoms with Crippen LogP contribution in [0, 0.1) is 17.5 Å². The summed E-state index contributed by atoms with van der Waals surface area (Å²) < 4.78 is 40.5. The van der Waals surface area contributed by atoms with Gasteiger partial charge in [-0.2, -0.15) is 5.10 Å². The Morgan fingerprint density at radius 3 is 2.44 bits per heavy atom. The van der Waals surface area contributed by atoms with E-state index in [-0.39, 0.29) is 5.56 Å². The zero-order valence-electron chi connectivity index (χ0n) is 9.57. The lowest BCUT2D eigenvalue weighted by atomic mass is 10.1. The highest BCUT2D eigenvalue weighted by Gasteiger charge is 2.19. The maximum Gasteiger partial charge on any atom is 0.194 e. The molecular formula is C12H11F3N2O. The Morgan fingerprint density at radius 2 is 1.89 bits per heavy atom. The van der Waals surface area contributed by atoms with E-state index in [1.165, 1.54) is 16.9 Å². The van der Waals surface area contributed by atoms with Gasteiger partial charge in [0.15, 0.2) is 17.5 Å². The van der Waals surface area contributed by atoms with Gasteiger partial charge in [-0.05, 0) is 30.7 Å². The largest absolute Gasteiger partial charge is 0.382 e. The molecule has 0 spiro atoms. The Morgan fingerprint density at radius 1 is 1.28 bits per heavy atom. The highest BCUT2D eigenvalue weighted by atomic mass is 19.2. The van der Waals surface area contributed by atoms with E-state index in [4.69, 9.17) is 0 Å². The normalized spacial score (nSPS) is 12.7. The standard InChI is InChI=1S/C12H11F3N2O/c1-2-17-10(3-4-16-17)12(18)7-5-8(13)11(15)9(14)6-7/h3-6,12,18H,2H2,1H3. The van der Waals surface area contributed by atoms with Crippen molar-refractivity contribution in [3.8, 4) is 0 Å². The van der Waals surface area contributed by atoms with E-state index >= 15 is 0 Å². The van der Waals surface area contributed by atoms with E-state index in [1.54, 1.807) is 0 Å². The van der Waals surface area contributed by atoms with Gasteiger partial charge >= 0.3 is 0 Å². The second-order valence-electron chi connectivity index (χ2n) is 3.77. The number of nitrogens with zero attached hydrogens (tertiary/aromatic N) is 2. The molecule has 3 nitrogen and oxygen atoms in total. The summed E-state index contributed by atoms with van der Waals surface area (Å²) in [5.74, 6) is -4.20. The molecule has 0 amide bonds. The zero-order chi connectivity index (χ0) is 13.3. The highest BCUT2D eigenvalue weighted by molar-refractivity contribution is 5.27. The fourth-order valence-electron chi connectivity index (χ4n) is 1.74. The van der Waals surface area contributed by atoms with Crippen molar-refractivity contribution < 1.29 is 18.3 Å². The minimum absolute atomic E-state index is 0.0541. The third-order valence-corrected chi connectivity index (χ3v) is 2.65. The number of hydrogen-bond donors (Lipinski definition) is 1. The number of aryl methyl sites for hydroxylation is 1. The Kier molecular flexibility index (Phi) is 3.38. The first-order valence-corrected chi connectivity index (χ1v) is 5.38. The number of hydrogen-bond acceptors (Lipinski definition) is 2. The number of aliphatic hydroxyl groups excluding tert-OH is 1. The predicted octanol–water partition coefficient (Wildman–Crippen LogP) is 2.40. The fourth-order valence-corrected chi connectivity index (χ4v) is 1.74. The third kappa shape index (κ3) is 2.11. The van der Waals surface area contributed by atoms with Gasteiger partial charge in [0.25, 0.3) is 0 Å². The molecule has 0 bridgehead atoms. The highest BCUT2D eigenvalue weighted by Crippen LogP contribution is 2.24. The van der Waals surface area contributed by atoms with Crippen LogP contribution in [0.5, 0.6) is 0 Å².